The standard InChI is InChI=1S/C13H21ClN2O2.ClH/c1-15-7-8-16(2)9-10-5-6-11(17-3)13(18-4)12(10)14;/h5-6,15H,7-9H2,1-4H3;1H. The van der Waals surface area contributed by atoms with Gasteiger partial charge in [-0.3, -0.25) is 0 Å². The van der Waals surface area contributed by atoms with E-state index in [1.807, 2.05) is 19.2 Å². The van der Waals surface area contributed by atoms with Gasteiger partial charge < -0.3 is 19.7 Å². The Kier molecular flexibility index (Phi) is 8.93. The molecule has 0 radical (unpaired) electrons. The van der Waals surface area contributed by atoms with E-state index in [1.165, 1.54) is 0 Å². The minimum atomic E-state index is 0. The van der Waals surface area contributed by atoms with Crippen LogP contribution in [0, 0.1) is 0 Å². The molecule has 0 fully saturated rings. The van der Waals surface area contributed by atoms with Gasteiger partial charge in [0.2, 0.25) is 0 Å². The van der Waals surface area contributed by atoms with Crippen LogP contribution >= 0.6 is 24.0 Å². The molecule has 0 aliphatic heterocycles. The van der Waals surface area contributed by atoms with E-state index < -0.39 is 0 Å². The Labute approximate surface area is 126 Å². The monoisotopic (exact) mass is 308 g/mol. The fourth-order valence-electron chi connectivity index (χ4n) is 1.72. The molecule has 1 aromatic rings. The molecule has 6 heteroatoms. The largest absolute Gasteiger partial charge is 0.493 e. The van der Waals surface area contributed by atoms with Gasteiger partial charge in [-0.25, -0.2) is 0 Å². The average Bonchev–Trinajstić information content (AvgIpc) is 2.38. The number of likely N-dealkylation sites (N-methyl/N-ethyl adjacent to an activating group) is 2. The van der Waals surface area contributed by atoms with Crippen molar-refractivity contribution in [2.45, 2.75) is 6.54 Å². The first-order valence-corrected chi connectivity index (χ1v) is 6.24. The third kappa shape index (κ3) is 5.07. The first-order valence-electron chi connectivity index (χ1n) is 5.86. The summed E-state index contributed by atoms with van der Waals surface area (Å²) in [4.78, 5) is 2.20. The minimum absolute atomic E-state index is 0. The highest BCUT2D eigenvalue weighted by molar-refractivity contribution is 6.33. The van der Waals surface area contributed by atoms with Gasteiger partial charge >= 0.3 is 0 Å². The number of nitrogens with zero attached hydrogens (tertiary/aromatic N) is 1. The molecule has 0 amide bonds. The van der Waals surface area contributed by atoms with Crippen molar-refractivity contribution in [3.05, 3.63) is 22.7 Å². The number of methoxy groups -OCH3 is 2. The molecule has 0 heterocycles. The number of halogens is 2. The summed E-state index contributed by atoms with van der Waals surface area (Å²) in [5.74, 6) is 1.25. The topological polar surface area (TPSA) is 33.7 Å². The second kappa shape index (κ2) is 9.26. The summed E-state index contributed by atoms with van der Waals surface area (Å²) in [5.41, 5.74) is 1.04. The number of hydrogen-bond acceptors (Lipinski definition) is 4. The maximum Gasteiger partial charge on any atom is 0.179 e. The van der Waals surface area contributed by atoms with Crippen LogP contribution in [0.25, 0.3) is 0 Å². The Morgan fingerprint density at radius 1 is 1.26 bits per heavy atom. The number of hydrogen-bond donors (Lipinski definition) is 1. The molecule has 0 saturated carbocycles. The van der Waals surface area contributed by atoms with Crippen molar-refractivity contribution in [3.8, 4) is 11.5 Å². The maximum atomic E-state index is 6.32. The lowest BCUT2D eigenvalue weighted by Gasteiger charge is -2.19. The molecule has 0 aromatic heterocycles. The molecule has 0 aliphatic rings. The summed E-state index contributed by atoms with van der Waals surface area (Å²) in [6.45, 7) is 2.68. The van der Waals surface area contributed by atoms with Crippen LogP contribution in [0.15, 0.2) is 12.1 Å². The third-order valence-electron chi connectivity index (χ3n) is 2.75. The van der Waals surface area contributed by atoms with Crippen molar-refractivity contribution in [2.75, 3.05) is 41.4 Å². The van der Waals surface area contributed by atoms with Crippen molar-refractivity contribution in [1.29, 1.82) is 0 Å². The summed E-state index contributed by atoms with van der Waals surface area (Å²) in [6, 6.07) is 3.85. The van der Waals surface area contributed by atoms with Crippen LogP contribution in [-0.2, 0) is 6.54 Å². The summed E-state index contributed by atoms with van der Waals surface area (Å²) in [6.07, 6.45) is 0. The molecule has 1 aromatic carbocycles. The quantitative estimate of drug-likeness (QED) is 0.839. The van der Waals surface area contributed by atoms with Crippen LogP contribution in [0.3, 0.4) is 0 Å². The van der Waals surface area contributed by atoms with Crippen LogP contribution < -0.4 is 14.8 Å². The lowest BCUT2D eigenvalue weighted by Crippen LogP contribution is -2.27. The first kappa shape index (κ1) is 18.3. The minimum Gasteiger partial charge on any atom is -0.493 e. The molecule has 4 nitrogen and oxygen atoms in total. The highest BCUT2D eigenvalue weighted by atomic mass is 35.5. The Balaban J connectivity index is 0.00000324. The van der Waals surface area contributed by atoms with E-state index in [-0.39, 0.29) is 12.4 Å². The van der Waals surface area contributed by atoms with Crippen LogP contribution in [0.4, 0.5) is 0 Å². The predicted octanol–water partition coefficient (Wildman–Crippen LogP) is 2.43. The van der Waals surface area contributed by atoms with Gasteiger partial charge in [0.25, 0.3) is 0 Å². The predicted molar refractivity (Wildman–Crippen MR) is 82.1 cm³/mol. The molecule has 0 spiro atoms. The first-order chi connectivity index (χ1) is 8.63. The van der Waals surface area contributed by atoms with Gasteiger partial charge in [0, 0.05) is 19.6 Å². The van der Waals surface area contributed by atoms with Crippen molar-refractivity contribution in [1.82, 2.24) is 10.2 Å². The van der Waals surface area contributed by atoms with Crippen LogP contribution in [0.1, 0.15) is 5.56 Å². The maximum absolute atomic E-state index is 6.32. The molecular formula is C13H22Cl2N2O2. The summed E-state index contributed by atoms with van der Waals surface area (Å²) in [5, 5.41) is 3.74. The van der Waals surface area contributed by atoms with Gasteiger partial charge in [0.1, 0.15) is 0 Å². The van der Waals surface area contributed by atoms with Gasteiger partial charge in [-0.1, -0.05) is 17.7 Å². The van der Waals surface area contributed by atoms with E-state index in [2.05, 4.69) is 17.3 Å². The fraction of sp³-hybridized carbons (Fsp3) is 0.538. The zero-order valence-electron chi connectivity index (χ0n) is 11.8. The average molecular weight is 309 g/mol. The van der Waals surface area contributed by atoms with Crippen LogP contribution in [0.2, 0.25) is 5.02 Å². The molecule has 1 N–H and O–H groups in total. The number of ether oxygens (including phenoxy) is 2. The Bertz CT molecular complexity index is 389. The zero-order valence-corrected chi connectivity index (χ0v) is 13.4. The number of benzene rings is 1. The number of nitrogens with one attached hydrogen (secondary N) is 1. The second-order valence-electron chi connectivity index (χ2n) is 4.12. The summed E-state index contributed by atoms with van der Waals surface area (Å²) < 4.78 is 10.5. The molecule has 0 saturated heterocycles. The Morgan fingerprint density at radius 2 is 1.95 bits per heavy atom. The molecule has 0 unspecified atom stereocenters. The van der Waals surface area contributed by atoms with Crippen molar-refractivity contribution < 1.29 is 9.47 Å². The van der Waals surface area contributed by atoms with Crippen LogP contribution in [-0.4, -0.2) is 46.3 Å². The van der Waals surface area contributed by atoms with Crippen molar-refractivity contribution >= 4 is 24.0 Å². The lowest BCUT2D eigenvalue weighted by molar-refractivity contribution is 0.325. The van der Waals surface area contributed by atoms with Gasteiger partial charge in [-0.2, -0.15) is 0 Å². The highest BCUT2D eigenvalue weighted by Gasteiger charge is 2.13. The van der Waals surface area contributed by atoms with E-state index in [0.29, 0.717) is 16.5 Å². The van der Waals surface area contributed by atoms with Gasteiger partial charge in [-0.15, -0.1) is 12.4 Å². The van der Waals surface area contributed by atoms with Gasteiger partial charge in [-0.05, 0) is 25.7 Å². The van der Waals surface area contributed by atoms with Gasteiger partial charge in [0.05, 0.1) is 19.2 Å². The van der Waals surface area contributed by atoms with Crippen molar-refractivity contribution in [2.24, 2.45) is 0 Å². The third-order valence-corrected chi connectivity index (χ3v) is 3.16. The molecule has 0 atom stereocenters. The molecule has 19 heavy (non-hydrogen) atoms. The lowest BCUT2D eigenvalue weighted by atomic mass is 10.2. The Hall–Kier alpha value is -0.680. The van der Waals surface area contributed by atoms with Crippen LogP contribution in [0.5, 0.6) is 11.5 Å². The molecule has 0 bridgehead atoms. The number of rotatable bonds is 7. The highest BCUT2D eigenvalue weighted by Crippen LogP contribution is 2.37. The van der Waals surface area contributed by atoms with E-state index in [9.17, 15) is 0 Å². The Morgan fingerprint density at radius 3 is 2.47 bits per heavy atom. The van der Waals surface area contributed by atoms with Gasteiger partial charge in [0.15, 0.2) is 11.5 Å². The van der Waals surface area contributed by atoms with E-state index in [0.717, 1.165) is 25.2 Å². The zero-order chi connectivity index (χ0) is 13.5. The normalized spacial score (nSPS) is 10.2. The van der Waals surface area contributed by atoms with E-state index >= 15 is 0 Å². The van der Waals surface area contributed by atoms with E-state index in [4.69, 9.17) is 21.1 Å². The molecular weight excluding hydrogens is 287 g/mol. The molecule has 1 rings (SSSR count). The molecule has 0 aliphatic carbocycles. The summed E-state index contributed by atoms with van der Waals surface area (Å²) in [7, 11) is 7.20. The second-order valence-corrected chi connectivity index (χ2v) is 4.49. The summed E-state index contributed by atoms with van der Waals surface area (Å²) >= 11 is 6.32. The molecule has 110 valence electrons. The van der Waals surface area contributed by atoms with E-state index in [1.54, 1.807) is 14.2 Å². The fourth-order valence-corrected chi connectivity index (χ4v) is 2.02. The SMILES string of the molecule is CNCCN(C)Cc1ccc(OC)c(OC)c1Cl.Cl. The van der Waals surface area contributed by atoms with Crippen molar-refractivity contribution in [3.63, 3.8) is 0 Å². The smallest absolute Gasteiger partial charge is 0.179 e.